The van der Waals surface area contributed by atoms with Crippen LogP contribution in [0.5, 0.6) is 0 Å². The van der Waals surface area contributed by atoms with E-state index in [2.05, 4.69) is 0 Å². The Labute approximate surface area is 258 Å². The Balaban J connectivity index is 1.71. The van der Waals surface area contributed by atoms with Crippen LogP contribution in [0.25, 0.3) is 0 Å². The molecule has 0 aromatic heterocycles. The highest BCUT2D eigenvalue weighted by atomic mass is 16.6. The van der Waals surface area contributed by atoms with E-state index in [1.165, 1.54) is 0 Å². The molecular weight excluding hydrogens is 584 g/mol. The van der Waals surface area contributed by atoms with Gasteiger partial charge in [0, 0.05) is 18.4 Å². The molecule has 0 saturated heterocycles. The van der Waals surface area contributed by atoms with Crippen molar-refractivity contribution in [3.63, 3.8) is 0 Å². The van der Waals surface area contributed by atoms with Gasteiger partial charge < -0.3 is 47.7 Å². The monoisotopic (exact) mass is 630 g/mol. The Morgan fingerprint density at radius 3 is 1.25 bits per heavy atom. The minimum absolute atomic E-state index is 0.0138. The predicted octanol–water partition coefficient (Wildman–Crippen LogP) is 1.72. The van der Waals surface area contributed by atoms with Gasteiger partial charge in [-0.3, -0.25) is 14.4 Å². The maximum absolute atomic E-state index is 11.9. The third kappa shape index (κ3) is 24.5. The number of ketones is 1. The van der Waals surface area contributed by atoms with Gasteiger partial charge in [0.1, 0.15) is 13.2 Å². The normalized spacial score (nSPS) is 10.9. The third-order valence-electron chi connectivity index (χ3n) is 5.43. The van der Waals surface area contributed by atoms with Gasteiger partial charge in [0.2, 0.25) is 0 Å². The fraction of sp³-hybridized carbons (Fsp3) is 0.667. The van der Waals surface area contributed by atoms with Gasteiger partial charge in [0.15, 0.2) is 0 Å². The van der Waals surface area contributed by atoms with Crippen LogP contribution in [0.4, 0.5) is 0 Å². The molecule has 0 saturated carbocycles. The van der Waals surface area contributed by atoms with Crippen LogP contribution in [-0.4, -0.2) is 135 Å². The Morgan fingerprint density at radius 1 is 0.477 bits per heavy atom. The lowest BCUT2D eigenvalue weighted by Gasteiger charge is -2.09. The fourth-order valence-corrected chi connectivity index (χ4v) is 3.22. The van der Waals surface area contributed by atoms with E-state index >= 15 is 0 Å². The Morgan fingerprint density at radius 2 is 0.841 bits per heavy atom. The van der Waals surface area contributed by atoms with Gasteiger partial charge in [-0.2, -0.15) is 0 Å². The number of aliphatic carboxylic acids is 1. The summed E-state index contributed by atoms with van der Waals surface area (Å²) in [6.07, 6.45) is 1.20. The van der Waals surface area contributed by atoms with Crippen molar-refractivity contribution in [2.45, 2.75) is 25.7 Å². The smallest absolute Gasteiger partial charge is 0.379 e. The highest BCUT2D eigenvalue weighted by molar-refractivity contribution is 6.40. The Kier molecular flexibility index (Phi) is 25.5. The molecular formula is C30H46O14. The molecule has 14 heteroatoms. The second-order valence-electron chi connectivity index (χ2n) is 8.94. The molecule has 0 fully saturated rings. The van der Waals surface area contributed by atoms with E-state index in [-0.39, 0.29) is 50.8 Å². The first-order valence-corrected chi connectivity index (χ1v) is 14.7. The number of carboxylic acids is 1. The first-order valence-electron chi connectivity index (χ1n) is 14.7. The summed E-state index contributed by atoms with van der Waals surface area (Å²) >= 11 is 0. The van der Waals surface area contributed by atoms with Crippen molar-refractivity contribution in [3.8, 4) is 0 Å². The van der Waals surface area contributed by atoms with Crippen molar-refractivity contribution < 1.29 is 66.9 Å². The molecule has 250 valence electrons. The summed E-state index contributed by atoms with van der Waals surface area (Å²) in [5.74, 6) is -2.82. The maximum atomic E-state index is 11.9. The number of carbonyl (C=O) groups is 4. The van der Waals surface area contributed by atoms with E-state index in [1.54, 1.807) is 30.3 Å². The van der Waals surface area contributed by atoms with Gasteiger partial charge in [0.05, 0.1) is 92.5 Å². The SMILES string of the molecule is O=C(O)CCCCC(=O)OCCOCCOCCOCCOCCOCCOCCOCCOC(=O)C(=O)c1ccccc1. The zero-order valence-electron chi connectivity index (χ0n) is 25.3. The topological polar surface area (TPSA) is 172 Å². The van der Waals surface area contributed by atoms with Gasteiger partial charge >= 0.3 is 17.9 Å². The molecule has 0 aliphatic heterocycles. The van der Waals surface area contributed by atoms with Crippen LogP contribution in [0.1, 0.15) is 36.0 Å². The highest BCUT2D eigenvalue weighted by Gasteiger charge is 2.17. The van der Waals surface area contributed by atoms with Crippen molar-refractivity contribution in [3.05, 3.63) is 35.9 Å². The van der Waals surface area contributed by atoms with Crippen LogP contribution >= 0.6 is 0 Å². The number of carbonyl (C=O) groups excluding carboxylic acids is 3. The summed E-state index contributed by atoms with van der Waals surface area (Å²) in [6.45, 7) is 5.45. The van der Waals surface area contributed by atoms with E-state index in [9.17, 15) is 19.2 Å². The van der Waals surface area contributed by atoms with Gasteiger partial charge in [-0.25, -0.2) is 4.79 Å². The molecule has 1 N–H and O–H groups in total. The number of hydrogen-bond acceptors (Lipinski definition) is 13. The number of ether oxygens (including phenoxy) is 9. The first kappa shape index (κ1) is 39.0. The van der Waals surface area contributed by atoms with E-state index in [0.717, 1.165) is 0 Å². The summed E-state index contributed by atoms with van der Waals surface area (Å²) in [5, 5.41) is 8.54. The first-order chi connectivity index (χ1) is 21.5. The van der Waals surface area contributed by atoms with Crippen LogP contribution in [-0.2, 0) is 57.0 Å². The van der Waals surface area contributed by atoms with Crippen molar-refractivity contribution in [2.24, 2.45) is 0 Å². The molecule has 0 radical (unpaired) electrons. The molecule has 0 heterocycles. The summed E-state index contributed by atoms with van der Waals surface area (Å²) in [4.78, 5) is 45.4. The number of rotatable bonds is 31. The molecule has 1 aromatic rings. The summed E-state index contributed by atoms with van der Waals surface area (Å²) in [6, 6.07) is 8.22. The second kappa shape index (κ2) is 28.8. The lowest BCUT2D eigenvalue weighted by atomic mass is 10.1. The van der Waals surface area contributed by atoms with E-state index in [0.29, 0.717) is 92.1 Å². The molecule has 0 aliphatic carbocycles. The zero-order valence-corrected chi connectivity index (χ0v) is 25.3. The number of carboxylic acid groups (broad SMARTS) is 1. The summed E-state index contributed by atoms with van der Waals surface area (Å²) < 4.78 is 47.5. The van der Waals surface area contributed by atoms with Gasteiger partial charge in [-0.15, -0.1) is 0 Å². The fourth-order valence-electron chi connectivity index (χ4n) is 3.22. The van der Waals surface area contributed by atoms with E-state index < -0.39 is 17.7 Å². The molecule has 0 bridgehead atoms. The van der Waals surface area contributed by atoms with Crippen LogP contribution in [0.3, 0.4) is 0 Å². The second-order valence-corrected chi connectivity index (χ2v) is 8.94. The highest BCUT2D eigenvalue weighted by Crippen LogP contribution is 2.02. The van der Waals surface area contributed by atoms with E-state index in [1.807, 2.05) is 0 Å². The Bertz CT molecular complexity index is 880. The zero-order chi connectivity index (χ0) is 31.9. The van der Waals surface area contributed by atoms with Crippen LogP contribution in [0.2, 0.25) is 0 Å². The quantitative estimate of drug-likeness (QED) is 0.0544. The number of esters is 2. The van der Waals surface area contributed by atoms with Crippen LogP contribution in [0.15, 0.2) is 30.3 Å². The molecule has 44 heavy (non-hydrogen) atoms. The molecule has 1 aromatic carbocycles. The standard InChI is InChI=1S/C30H46O14/c31-27(32)8-4-5-9-28(33)43-24-22-41-20-18-39-16-14-37-12-10-36-11-13-38-15-17-40-19-21-42-23-25-44-30(35)29(34)26-6-2-1-3-7-26/h1-3,6-7H,4-5,8-25H2,(H,31,32). The minimum atomic E-state index is -0.907. The number of unbranched alkanes of at least 4 members (excludes halogenated alkanes) is 1. The summed E-state index contributed by atoms with van der Waals surface area (Å²) in [5.41, 5.74) is 0.287. The largest absolute Gasteiger partial charge is 0.481 e. The predicted molar refractivity (Wildman–Crippen MR) is 155 cm³/mol. The summed E-state index contributed by atoms with van der Waals surface area (Å²) in [7, 11) is 0. The van der Waals surface area contributed by atoms with Crippen molar-refractivity contribution in [1.82, 2.24) is 0 Å². The van der Waals surface area contributed by atoms with Crippen molar-refractivity contribution >= 4 is 23.7 Å². The molecule has 0 atom stereocenters. The molecule has 14 nitrogen and oxygen atoms in total. The molecule has 0 aliphatic rings. The molecule has 0 amide bonds. The van der Waals surface area contributed by atoms with Crippen molar-refractivity contribution in [1.29, 1.82) is 0 Å². The molecule has 0 unspecified atom stereocenters. The van der Waals surface area contributed by atoms with Gasteiger partial charge in [0.25, 0.3) is 5.78 Å². The van der Waals surface area contributed by atoms with Gasteiger partial charge in [-0.05, 0) is 12.8 Å². The minimum Gasteiger partial charge on any atom is -0.481 e. The number of benzene rings is 1. The average Bonchev–Trinajstić information content (AvgIpc) is 3.02. The number of hydrogen-bond donors (Lipinski definition) is 1. The van der Waals surface area contributed by atoms with Crippen LogP contribution in [0, 0.1) is 0 Å². The van der Waals surface area contributed by atoms with Crippen molar-refractivity contribution in [2.75, 3.05) is 106 Å². The lowest BCUT2D eigenvalue weighted by molar-refractivity contribution is -0.146. The molecule has 1 rings (SSSR count). The lowest BCUT2D eigenvalue weighted by Crippen LogP contribution is -2.20. The average molecular weight is 631 g/mol. The number of Topliss-reactive ketones (excluding diaryl/α,β-unsaturated/α-hetero) is 1. The van der Waals surface area contributed by atoms with Gasteiger partial charge in [-0.1, -0.05) is 30.3 Å². The Hall–Kier alpha value is -2.98. The third-order valence-corrected chi connectivity index (χ3v) is 5.43. The maximum Gasteiger partial charge on any atom is 0.379 e. The molecule has 0 spiro atoms. The van der Waals surface area contributed by atoms with E-state index in [4.69, 9.17) is 47.7 Å². The van der Waals surface area contributed by atoms with Crippen LogP contribution < -0.4 is 0 Å².